The third kappa shape index (κ3) is 2.93. The van der Waals surface area contributed by atoms with E-state index >= 15 is 0 Å². The van der Waals surface area contributed by atoms with E-state index in [1.807, 2.05) is 0 Å². The lowest BCUT2D eigenvalue weighted by Gasteiger charge is -2.14. The maximum Gasteiger partial charge on any atom is 0.257 e. The summed E-state index contributed by atoms with van der Waals surface area (Å²) in [7, 11) is 0. The van der Waals surface area contributed by atoms with Gasteiger partial charge in [0.25, 0.3) is 5.91 Å². The maximum absolute atomic E-state index is 13.4. The standard InChI is InChI=1S/C14H12F2N2O/c1-9(10-5-7-17-8-6-10)18-14(19)13-11(15)3-2-4-12(13)16/h2-9H,1H3,(H,18,19). The molecule has 2 aromatic rings. The number of benzene rings is 1. The highest BCUT2D eigenvalue weighted by Crippen LogP contribution is 2.15. The summed E-state index contributed by atoms with van der Waals surface area (Å²) in [5, 5.41) is 2.55. The molecule has 2 rings (SSSR count). The summed E-state index contributed by atoms with van der Waals surface area (Å²) < 4.78 is 26.9. The highest BCUT2D eigenvalue weighted by molar-refractivity contribution is 5.94. The van der Waals surface area contributed by atoms with Crippen LogP contribution < -0.4 is 5.32 Å². The van der Waals surface area contributed by atoms with Crippen molar-refractivity contribution in [2.24, 2.45) is 0 Å². The molecular weight excluding hydrogens is 250 g/mol. The number of amides is 1. The first-order chi connectivity index (χ1) is 9.09. The van der Waals surface area contributed by atoms with Gasteiger partial charge in [-0.05, 0) is 36.8 Å². The molecule has 1 amide bonds. The van der Waals surface area contributed by atoms with Gasteiger partial charge in [0.2, 0.25) is 0 Å². The van der Waals surface area contributed by atoms with Crippen molar-refractivity contribution < 1.29 is 13.6 Å². The van der Waals surface area contributed by atoms with Gasteiger partial charge < -0.3 is 5.32 Å². The maximum atomic E-state index is 13.4. The van der Waals surface area contributed by atoms with Crippen LogP contribution in [0.1, 0.15) is 28.9 Å². The molecule has 0 spiro atoms. The Balaban J connectivity index is 2.18. The largest absolute Gasteiger partial charge is 0.345 e. The van der Waals surface area contributed by atoms with Gasteiger partial charge in [-0.1, -0.05) is 6.07 Å². The molecule has 0 fully saturated rings. The summed E-state index contributed by atoms with van der Waals surface area (Å²) in [5.74, 6) is -2.53. The average molecular weight is 262 g/mol. The summed E-state index contributed by atoms with van der Waals surface area (Å²) in [6.45, 7) is 1.73. The summed E-state index contributed by atoms with van der Waals surface area (Å²) in [6.07, 6.45) is 3.17. The molecule has 5 heteroatoms. The molecule has 19 heavy (non-hydrogen) atoms. The highest BCUT2D eigenvalue weighted by Gasteiger charge is 2.18. The van der Waals surface area contributed by atoms with E-state index in [1.165, 1.54) is 6.07 Å². The van der Waals surface area contributed by atoms with Crippen molar-refractivity contribution in [3.8, 4) is 0 Å². The van der Waals surface area contributed by atoms with Gasteiger partial charge in [-0.3, -0.25) is 9.78 Å². The number of halogens is 2. The van der Waals surface area contributed by atoms with E-state index in [2.05, 4.69) is 10.3 Å². The second-order valence-corrected chi connectivity index (χ2v) is 4.07. The second-order valence-electron chi connectivity index (χ2n) is 4.07. The Morgan fingerprint density at radius 1 is 1.16 bits per heavy atom. The summed E-state index contributed by atoms with van der Waals surface area (Å²) in [6, 6.07) is 6.40. The number of carbonyl (C=O) groups excluding carboxylic acids is 1. The molecule has 0 radical (unpaired) electrons. The molecule has 0 saturated heterocycles. The smallest absolute Gasteiger partial charge is 0.257 e. The zero-order valence-corrected chi connectivity index (χ0v) is 10.2. The van der Waals surface area contributed by atoms with Gasteiger partial charge in [-0.15, -0.1) is 0 Å². The third-order valence-electron chi connectivity index (χ3n) is 2.74. The number of nitrogens with one attached hydrogen (secondary N) is 1. The Hall–Kier alpha value is -2.30. The average Bonchev–Trinajstić information content (AvgIpc) is 2.39. The number of carbonyl (C=O) groups is 1. The number of hydrogen-bond donors (Lipinski definition) is 1. The van der Waals surface area contributed by atoms with Crippen molar-refractivity contribution in [2.45, 2.75) is 13.0 Å². The lowest BCUT2D eigenvalue weighted by Crippen LogP contribution is -2.28. The van der Waals surface area contributed by atoms with Crippen LogP contribution >= 0.6 is 0 Å². The van der Waals surface area contributed by atoms with Crippen molar-refractivity contribution in [3.63, 3.8) is 0 Å². The van der Waals surface area contributed by atoms with E-state index in [0.29, 0.717) is 0 Å². The van der Waals surface area contributed by atoms with E-state index in [-0.39, 0.29) is 6.04 Å². The van der Waals surface area contributed by atoms with Gasteiger partial charge in [0.05, 0.1) is 6.04 Å². The normalized spacial score (nSPS) is 11.9. The number of aromatic nitrogens is 1. The molecule has 1 aromatic heterocycles. The van der Waals surface area contributed by atoms with Gasteiger partial charge in [0.1, 0.15) is 17.2 Å². The minimum atomic E-state index is -0.876. The van der Waals surface area contributed by atoms with Gasteiger partial charge in [0.15, 0.2) is 0 Å². The second kappa shape index (κ2) is 5.56. The fraction of sp³-hybridized carbons (Fsp3) is 0.143. The quantitative estimate of drug-likeness (QED) is 0.924. The van der Waals surface area contributed by atoms with Gasteiger partial charge in [0, 0.05) is 12.4 Å². The Morgan fingerprint density at radius 2 is 1.74 bits per heavy atom. The van der Waals surface area contributed by atoms with Crippen molar-refractivity contribution in [2.75, 3.05) is 0 Å². The molecule has 98 valence electrons. The number of nitrogens with zero attached hydrogens (tertiary/aromatic N) is 1. The highest BCUT2D eigenvalue weighted by atomic mass is 19.1. The van der Waals surface area contributed by atoms with Gasteiger partial charge in [-0.2, -0.15) is 0 Å². The molecule has 1 N–H and O–H groups in total. The molecule has 0 aliphatic heterocycles. The zero-order chi connectivity index (χ0) is 13.8. The van der Waals surface area contributed by atoms with Crippen LogP contribution in [0.15, 0.2) is 42.7 Å². The van der Waals surface area contributed by atoms with E-state index in [0.717, 1.165) is 17.7 Å². The molecule has 0 aliphatic carbocycles. The number of rotatable bonds is 3. The molecule has 0 aliphatic rings. The van der Waals surface area contributed by atoms with Crippen LogP contribution in [-0.2, 0) is 0 Å². The molecule has 0 saturated carbocycles. The van der Waals surface area contributed by atoms with Crippen LogP contribution in [0, 0.1) is 11.6 Å². The first-order valence-corrected chi connectivity index (χ1v) is 5.74. The third-order valence-corrected chi connectivity index (χ3v) is 2.74. The monoisotopic (exact) mass is 262 g/mol. The fourth-order valence-electron chi connectivity index (χ4n) is 1.72. The predicted molar refractivity (Wildman–Crippen MR) is 66.5 cm³/mol. The Morgan fingerprint density at radius 3 is 2.32 bits per heavy atom. The van der Waals surface area contributed by atoms with Crippen LogP contribution in [0.5, 0.6) is 0 Å². The van der Waals surface area contributed by atoms with Crippen molar-refractivity contribution in [3.05, 3.63) is 65.5 Å². The van der Waals surface area contributed by atoms with Gasteiger partial charge >= 0.3 is 0 Å². The Labute approximate surface area is 109 Å². The SMILES string of the molecule is CC(NC(=O)c1c(F)cccc1F)c1ccncc1. The van der Waals surface area contributed by atoms with Crippen LogP contribution in [0.2, 0.25) is 0 Å². The van der Waals surface area contributed by atoms with E-state index in [4.69, 9.17) is 0 Å². The van der Waals surface area contributed by atoms with Crippen LogP contribution in [0.4, 0.5) is 8.78 Å². The molecular formula is C14H12F2N2O. The number of hydrogen-bond acceptors (Lipinski definition) is 2. The van der Waals surface area contributed by atoms with E-state index < -0.39 is 23.1 Å². The lowest BCUT2D eigenvalue weighted by atomic mass is 10.1. The lowest BCUT2D eigenvalue weighted by molar-refractivity contribution is 0.0931. The van der Waals surface area contributed by atoms with Crippen molar-refractivity contribution >= 4 is 5.91 Å². The topological polar surface area (TPSA) is 42.0 Å². The Bertz CT molecular complexity index is 567. The first kappa shape index (κ1) is 13.1. The summed E-state index contributed by atoms with van der Waals surface area (Å²) in [4.78, 5) is 15.7. The summed E-state index contributed by atoms with van der Waals surface area (Å²) in [5.41, 5.74) is 0.239. The summed E-state index contributed by atoms with van der Waals surface area (Å²) >= 11 is 0. The van der Waals surface area contributed by atoms with Crippen molar-refractivity contribution in [1.82, 2.24) is 10.3 Å². The predicted octanol–water partition coefficient (Wildman–Crippen LogP) is 2.85. The van der Waals surface area contributed by atoms with Crippen LogP contribution in [0.3, 0.4) is 0 Å². The molecule has 1 heterocycles. The fourth-order valence-corrected chi connectivity index (χ4v) is 1.72. The molecule has 1 atom stereocenters. The van der Waals surface area contributed by atoms with E-state index in [1.54, 1.807) is 31.5 Å². The molecule has 0 bridgehead atoms. The Kier molecular flexibility index (Phi) is 3.85. The minimum absolute atomic E-state index is 0.366. The van der Waals surface area contributed by atoms with Gasteiger partial charge in [-0.25, -0.2) is 8.78 Å². The van der Waals surface area contributed by atoms with Crippen LogP contribution in [-0.4, -0.2) is 10.9 Å². The van der Waals surface area contributed by atoms with Crippen LogP contribution in [0.25, 0.3) is 0 Å². The minimum Gasteiger partial charge on any atom is -0.345 e. The first-order valence-electron chi connectivity index (χ1n) is 5.74. The van der Waals surface area contributed by atoms with E-state index in [9.17, 15) is 13.6 Å². The number of pyridine rings is 1. The zero-order valence-electron chi connectivity index (χ0n) is 10.2. The van der Waals surface area contributed by atoms with Crippen molar-refractivity contribution in [1.29, 1.82) is 0 Å². The molecule has 3 nitrogen and oxygen atoms in total. The molecule has 1 aromatic carbocycles. The molecule has 1 unspecified atom stereocenters.